The van der Waals surface area contributed by atoms with Crippen LogP contribution in [0.5, 0.6) is 0 Å². The summed E-state index contributed by atoms with van der Waals surface area (Å²) < 4.78 is 0. The van der Waals surface area contributed by atoms with Crippen molar-refractivity contribution in [3.8, 4) is 0 Å². The van der Waals surface area contributed by atoms with Gasteiger partial charge >= 0.3 is 0 Å². The van der Waals surface area contributed by atoms with E-state index in [2.05, 4.69) is 10.6 Å². The molecule has 1 aliphatic carbocycles. The van der Waals surface area contributed by atoms with Gasteiger partial charge in [-0.1, -0.05) is 44.0 Å². The van der Waals surface area contributed by atoms with Crippen LogP contribution < -0.4 is 16.4 Å². The number of carbonyl (C=O) groups excluding carboxylic acids is 2. The van der Waals surface area contributed by atoms with Crippen molar-refractivity contribution in [2.24, 2.45) is 5.73 Å². The van der Waals surface area contributed by atoms with Crippen LogP contribution >= 0.6 is 0 Å². The zero-order valence-corrected chi connectivity index (χ0v) is 17.9. The van der Waals surface area contributed by atoms with Gasteiger partial charge in [-0.05, 0) is 54.2 Å². The molecule has 2 aromatic rings. The second-order valence-electron chi connectivity index (χ2n) is 7.83. The molecule has 31 heavy (non-hydrogen) atoms. The number of nitrogens with one attached hydrogen (secondary N) is 3. The van der Waals surface area contributed by atoms with E-state index >= 15 is 0 Å². The molecule has 2 aromatic carbocycles. The minimum Gasteiger partial charge on any atom is -0.404 e. The Balaban J connectivity index is 1.66. The minimum atomic E-state index is -0.169. The Kier molecular flexibility index (Phi) is 7.60. The molecule has 0 saturated heterocycles. The quantitative estimate of drug-likeness (QED) is 0.490. The maximum Gasteiger partial charge on any atom is 0.251 e. The monoisotopic (exact) mass is 418 g/mol. The number of amides is 2. The highest BCUT2D eigenvalue weighted by Crippen LogP contribution is 2.19. The maximum absolute atomic E-state index is 12.8. The van der Waals surface area contributed by atoms with Gasteiger partial charge in [0.25, 0.3) is 11.8 Å². The van der Waals surface area contributed by atoms with Crippen LogP contribution in [0.2, 0.25) is 0 Å². The molecule has 1 fully saturated rings. The highest BCUT2D eigenvalue weighted by Gasteiger charge is 2.18. The molecule has 0 radical (unpaired) electrons. The van der Waals surface area contributed by atoms with Gasteiger partial charge in [0.2, 0.25) is 0 Å². The zero-order valence-electron chi connectivity index (χ0n) is 17.9. The number of rotatable bonds is 8. The third-order valence-corrected chi connectivity index (χ3v) is 5.73. The second-order valence-corrected chi connectivity index (χ2v) is 7.83. The molecular formula is C25H30N4O2. The molecule has 6 heteroatoms. The molecule has 162 valence electrons. The predicted octanol–water partition coefficient (Wildman–Crippen LogP) is 3.80. The molecule has 0 spiro atoms. The number of nitrogens with two attached hydrogens (primary N) is 1. The van der Waals surface area contributed by atoms with Crippen molar-refractivity contribution >= 4 is 23.6 Å². The Morgan fingerprint density at radius 1 is 1.10 bits per heavy atom. The number of aryl methyl sites for hydroxylation is 1. The van der Waals surface area contributed by atoms with Crippen molar-refractivity contribution < 1.29 is 9.59 Å². The normalized spacial score (nSPS) is 14.3. The fraction of sp³-hybridized carbons (Fsp3) is 0.320. The van der Waals surface area contributed by atoms with Gasteiger partial charge in [-0.15, -0.1) is 0 Å². The summed E-state index contributed by atoms with van der Waals surface area (Å²) >= 11 is 0. The molecular weight excluding hydrogens is 388 g/mol. The van der Waals surface area contributed by atoms with E-state index in [0.717, 1.165) is 29.5 Å². The third kappa shape index (κ3) is 5.60. The van der Waals surface area contributed by atoms with E-state index in [1.165, 1.54) is 25.3 Å². The number of carbonyl (C=O) groups is 2. The van der Waals surface area contributed by atoms with Crippen molar-refractivity contribution in [3.05, 3.63) is 76.5 Å². The van der Waals surface area contributed by atoms with Crippen molar-refractivity contribution in [1.29, 1.82) is 5.41 Å². The largest absolute Gasteiger partial charge is 0.404 e. The lowest BCUT2D eigenvalue weighted by Crippen LogP contribution is -2.32. The van der Waals surface area contributed by atoms with Crippen molar-refractivity contribution in [2.75, 3.05) is 0 Å². The van der Waals surface area contributed by atoms with Gasteiger partial charge in [0.05, 0.1) is 0 Å². The minimum absolute atomic E-state index is 0.0566. The average Bonchev–Trinajstić information content (AvgIpc) is 3.31. The van der Waals surface area contributed by atoms with Crippen LogP contribution in [0.1, 0.15) is 70.0 Å². The van der Waals surface area contributed by atoms with Gasteiger partial charge < -0.3 is 21.8 Å². The SMILES string of the molecule is CCc1cc(/C(C=N)=C/N)ccc1C(=O)NCc1cccc(C(=O)NC2CCCC2)c1. The van der Waals surface area contributed by atoms with Gasteiger partial charge in [-0.3, -0.25) is 9.59 Å². The molecule has 3 rings (SSSR count). The van der Waals surface area contributed by atoms with Gasteiger partial charge in [0, 0.05) is 41.7 Å². The van der Waals surface area contributed by atoms with Gasteiger partial charge in [0.15, 0.2) is 0 Å². The van der Waals surface area contributed by atoms with Gasteiger partial charge in [-0.25, -0.2) is 0 Å². The summed E-state index contributed by atoms with van der Waals surface area (Å²) in [7, 11) is 0. The van der Waals surface area contributed by atoms with Crippen LogP contribution in [0.25, 0.3) is 5.57 Å². The lowest BCUT2D eigenvalue weighted by molar-refractivity contribution is 0.0935. The van der Waals surface area contributed by atoms with Crippen LogP contribution in [-0.4, -0.2) is 24.1 Å². The number of hydrogen-bond donors (Lipinski definition) is 4. The van der Waals surface area contributed by atoms with Crippen LogP contribution in [0.3, 0.4) is 0 Å². The second kappa shape index (κ2) is 10.6. The fourth-order valence-electron chi connectivity index (χ4n) is 3.95. The van der Waals surface area contributed by atoms with E-state index in [-0.39, 0.29) is 17.9 Å². The van der Waals surface area contributed by atoms with Crippen LogP contribution in [0.4, 0.5) is 0 Å². The number of allylic oxidation sites excluding steroid dienone is 1. The Morgan fingerprint density at radius 2 is 1.87 bits per heavy atom. The Hall–Kier alpha value is -3.41. The Bertz CT molecular complexity index is 991. The summed E-state index contributed by atoms with van der Waals surface area (Å²) in [5.74, 6) is -0.226. The topological polar surface area (TPSA) is 108 Å². The van der Waals surface area contributed by atoms with Crippen molar-refractivity contribution in [1.82, 2.24) is 10.6 Å². The van der Waals surface area contributed by atoms with Crippen LogP contribution in [0, 0.1) is 5.41 Å². The predicted molar refractivity (Wildman–Crippen MR) is 124 cm³/mol. The molecule has 0 bridgehead atoms. The Labute approximate surface area is 183 Å². The standard InChI is InChI=1S/C25H30N4O2/c1-2-18-13-19(21(14-26)15-27)10-11-23(18)25(31)28-16-17-6-5-7-20(12-17)24(30)29-22-8-3-4-9-22/h5-7,10-15,22,26H,2-4,8-9,16,27H2,1H3,(H,28,31)(H,29,30)/b21-15+,26-14?. The van der Waals surface area contributed by atoms with Gasteiger partial charge in [-0.2, -0.15) is 0 Å². The number of hydrogen-bond acceptors (Lipinski definition) is 4. The molecule has 0 unspecified atom stereocenters. The first-order chi connectivity index (χ1) is 15.0. The van der Waals surface area contributed by atoms with E-state index < -0.39 is 0 Å². The lowest BCUT2D eigenvalue weighted by atomic mass is 9.98. The molecule has 0 atom stereocenters. The van der Waals surface area contributed by atoms with E-state index in [9.17, 15) is 9.59 Å². The summed E-state index contributed by atoms with van der Waals surface area (Å²) in [4.78, 5) is 25.3. The van der Waals surface area contributed by atoms with Crippen LogP contribution in [0.15, 0.2) is 48.7 Å². The molecule has 0 aliphatic heterocycles. The first-order valence-electron chi connectivity index (χ1n) is 10.8. The summed E-state index contributed by atoms with van der Waals surface area (Å²) in [5.41, 5.74) is 9.97. The van der Waals surface area contributed by atoms with E-state index in [0.29, 0.717) is 29.7 Å². The number of benzene rings is 2. The average molecular weight is 419 g/mol. The molecule has 0 aromatic heterocycles. The third-order valence-electron chi connectivity index (χ3n) is 5.73. The Morgan fingerprint density at radius 3 is 2.55 bits per heavy atom. The molecule has 1 saturated carbocycles. The summed E-state index contributed by atoms with van der Waals surface area (Å²) in [6.45, 7) is 2.32. The van der Waals surface area contributed by atoms with Crippen molar-refractivity contribution in [2.45, 2.75) is 51.6 Å². The van der Waals surface area contributed by atoms with Crippen LogP contribution in [-0.2, 0) is 13.0 Å². The zero-order chi connectivity index (χ0) is 22.2. The molecule has 0 heterocycles. The molecule has 5 N–H and O–H groups in total. The summed E-state index contributed by atoms with van der Waals surface area (Å²) in [6.07, 6.45) is 7.70. The summed E-state index contributed by atoms with van der Waals surface area (Å²) in [6, 6.07) is 13.1. The highest BCUT2D eigenvalue weighted by molar-refractivity contribution is 6.08. The first-order valence-corrected chi connectivity index (χ1v) is 10.8. The van der Waals surface area contributed by atoms with E-state index in [1.807, 2.05) is 31.2 Å². The summed E-state index contributed by atoms with van der Waals surface area (Å²) in [5, 5.41) is 13.5. The fourth-order valence-corrected chi connectivity index (χ4v) is 3.95. The van der Waals surface area contributed by atoms with Crippen molar-refractivity contribution in [3.63, 3.8) is 0 Å². The smallest absolute Gasteiger partial charge is 0.251 e. The van der Waals surface area contributed by atoms with E-state index in [4.69, 9.17) is 11.1 Å². The van der Waals surface area contributed by atoms with E-state index in [1.54, 1.807) is 18.2 Å². The first kappa shape index (κ1) is 22.3. The molecule has 2 amide bonds. The lowest BCUT2D eigenvalue weighted by Gasteiger charge is -2.13. The highest BCUT2D eigenvalue weighted by atomic mass is 16.2. The molecule has 1 aliphatic rings. The molecule has 6 nitrogen and oxygen atoms in total. The van der Waals surface area contributed by atoms with Gasteiger partial charge in [0.1, 0.15) is 0 Å². The maximum atomic E-state index is 12.8.